The lowest BCUT2D eigenvalue weighted by Crippen LogP contribution is -2.42. The van der Waals surface area contributed by atoms with Gasteiger partial charge >= 0.3 is 0 Å². The van der Waals surface area contributed by atoms with Crippen LogP contribution in [-0.4, -0.2) is 39.2 Å². The van der Waals surface area contributed by atoms with Crippen LogP contribution in [0.15, 0.2) is 30.3 Å². The first-order chi connectivity index (χ1) is 10.0. The summed E-state index contributed by atoms with van der Waals surface area (Å²) in [5, 5.41) is 30.9. The molecule has 0 heterocycles. The number of hydroxylamine groups is 2. The molecule has 0 fully saturated rings. The van der Waals surface area contributed by atoms with Crippen molar-refractivity contribution >= 4 is 0 Å². The zero-order chi connectivity index (χ0) is 15.7. The quantitative estimate of drug-likeness (QED) is 0.459. The molecule has 1 aromatic carbocycles. The van der Waals surface area contributed by atoms with Gasteiger partial charge in [-0.3, -0.25) is 0 Å². The van der Waals surface area contributed by atoms with Crippen molar-refractivity contribution in [3.63, 3.8) is 0 Å². The number of unbranched alkanes of at least 4 members (excludes halogenated alkanes) is 1. The number of hydrogen-bond acceptors (Lipinski definition) is 4. The summed E-state index contributed by atoms with van der Waals surface area (Å²) >= 11 is 0. The summed E-state index contributed by atoms with van der Waals surface area (Å²) in [6, 6.07) is 9.45. The maximum absolute atomic E-state index is 10.4. The monoisotopic (exact) mass is 295 g/mol. The van der Waals surface area contributed by atoms with Crippen LogP contribution in [0.5, 0.6) is 0 Å². The summed E-state index contributed by atoms with van der Waals surface area (Å²) in [5.41, 5.74) is 1.02. The number of benzene rings is 1. The third-order valence-electron chi connectivity index (χ3n) is 3.64. The molecular formula is C17H29NO3. The Labute approximate surface area is 128 Å². The fourth-order valence-corrected chi connectivity index (χ4v) is 2.53. The van der Waals surface area contributed by atoms with Crippen molar-refractivity contribution in [2.24, 2.45) is 5.92 Å². The number of aliphatic hydroxyl groups excluding tert-OH is 2. The lowest BCUT2D eigenvalue weighted by molar-refractivity contribution is -0.167. The van der Waals surface area contributed by atoms with Crippen LogP contribution in [0.2, 0.25) is 0 Å². The van der Waals surface area contributed by atoms with Crippen LogP contribution in [0.25, 0.3) is 0 Å². The highest BCUT2D eigenvalue weighted by atomic mass is 16.5. The fraction of sp³-hybridized carbons (Fsp3) is 0.647. The summed E-state index contributed by atoms with van der Waals surface area (Å²) in [5.74, 6) is 0.380. The molecule has 1 rings (SSSR count). The molecule has 4 nitrogen and oxygen atoms in total. The Bertz CT molecular complexity index is 370. The Kier molecular flexibility index (Phi) is 8.54. The molecule has 2 unspecified atom stereocenters. The van der Waals surface area contributed by atoms with E-state index in [0.29, 0.717) is 31.7 Å². The van der Waals surface area contributed by atoms with Gasteiger partial charge in [-0.25, -0.2) is 0 Å². The molecular weight excluding hydrogens is 266 g/mol. The van der Waals surface area contributed by atoms with Crippen LogP contribution in [-0.2, 0) is 6.54 Å². The van der Waals surface area contributed by atoms with Gasteiger partial charge in [0.25, 0.3) is 0 Å². The third-order valence-corrected chi connectivity index (χ3v) is 3.64. The van der Waals surface area contributed by atoms with E-state index in [1.807, 2.05) is 30.3 Å². The average Bonchev–Trinajstić information content (AvgIpc) is 2.43. The van der Waals surface area contributed by atoms with Crippen LogP contribution in [0.4, 0.5) is 0 Å². The Balaban J connectivity index is 2.64. The van der Waals surface area contributed by atoms with Crippen molar-refractivity contribution in [3.05, 3.63) is 35.9 Å². The van der Waals surface area contributed by atoms with Crippen molar-refractivity contribution in [3.8, 4) is 0 Å². The van der Waals surface area contributed by atoms with E-state index < -0.39 is 6.10 Å². The topological polar surface area (TPSA) is 63.9 Å². The summed E-state index contributed by atoms with van der Waals surface area (Å²) in [6.07, 6.45) is 2.28. The van der Waals surface area contributed by atoms with Gasteiger partial charge in [0.1, 0.15) is 0 Å². The van der Waals surface area contributed by atoms with Gasteiger partial charge < -0.3 is 15.4 Å². The second kappa shape index (κ2) is 9.90. The molecule has 4 heteroatoms. The normalized spacial score (nSPS) is 14.6. The molecule has 0 bridgehead atoms. The Hall–Kier alpha value is -0.940. The van der Waals surface area contributed by atoms with E-state index in [0.717, 1.165) is 12.0 Å². The fourth-order valence-electron chi connectivity index (χ4n) is 2.53. The van der Waals surface area contributed by atoms with Crippen LogP contribution >= 0.6 is 0 Å². The second-order valence-electron chi connectivity index (χ2n) is 6.07. The highest BCUT2D eigenvalue weighted by Gasteiger charge is 2.25. The molecule has 0 aromatic heterocycles. The van der Waals surface area contributed by atoms with Gasteiger partial charge in [-0.15, -0.1) is 0 Å². The van der Waals surface area contributed by atoms with Crippen molar-refractivity contribution in [1.82, 2.24) is 5.06 Å². The van der Waals surface area contributed by atoms with Crippen LogP contribution in [0, 0.1) is 5.92 Å². The SMILES string of the molecule is CC(C)CC(O)C(CCCCO)N(O)Cc1ccccc1. The van der Waals surface area contributed by atoms with E-state index in [9.17, 15) is 10.3 Å². The van der Waals surface area contributed by atoms with Crippen LogP contribution in [0.3, 0.4) is 0 Å². The zero-order valence-electron chi connectivity index (χ0n) is 13.2. The van der Waals surface area contributed by atoms with Crippen LogP contribution < -0.4 is 0 Å². The molecule has 0 aliphatic heterocycles. The zero-order valence-corrected chi connectivity index (χ0v) is 13.2. The molecule has 3 N–H and O–H groups in total. The van der Waals surface area contributed by atoms with Gasteiger partial charge in [0.05, 0.1) is 12.1 Å². The molecule has 0 saturated carbocycles. The molecule has 2 atom stereocenters. The Morgan fingerprint density at radius 1 is 1.10 bits per heavy atom. The number of rotatable bonds is 10. The molecule has 0 aliphatic carbocycles. The summed E-state index contributed by atoms with van der Waals surface area (Å²) < 4.78 is 0. The predicted molar refractivity (Wildman–Crippen MR) is 84.0 cm³/mol. The van der Waals surface area contributed by atoms with E-state index in [1.165, 1.54) is 5.06 Å². The molecule has 0 aliphatic rings. The summed E-state index contributed by atoms with van der Waals surface area (Å²) in [6.45, 7) is 4.68. The van der Waals surface area contributed by atoms with Crippen molar-refractivity contribution in [1.29, 1.82) is 0 Å². The van der Waals surface area contributed by atoms with Gasteiger partial charge in [-0.2, -0.15) is 5.06 Å². The molecule has 0 saturated heterocycles. The maximum atomic E-state index is 10.4. The number of aliphatic hydroxyl groups is 2. The molecule has 0 radical (unpaired) electrons. The van der Waals surface area contributed by atoms with Gasteiger partial charge in [0.2, 0.25) is 0 Å². The maximum Gasteiger partial charge on any atom is 0.0721 e. The van der Waals surface area contributed by atoms with Crippen molar-refractivity contribution in [2.45, 2.75) is 58.2 Å². The average molecular weight is 295 g/mol. The molecule has 21 heavy (non-hydrogen) atoms. The van der Waals surface area contributed by atoms with Crippen molar-refractivity contribution in [2.75, 3.05) is 6.61 Å². The minimum atomic E-state index is -0.558. The summed E-state index contributed by atoms with van der Waals surface area (Å²) in [4.78, 5) is 0. The predicted octanol–water partition coefficient (Wildman–Crippen LogP) is 2.82. The minimum absolute atomic E-state index is 0.150. The van der Waals surface area contributed by atoms with Gasteiger partial charge in [0.15, 0.2) is 0 Å². The largest absolute Gasteiger partial charge is 0.396 e. The standard InChI is InChI=1S/C17H29NO3/c1-14(2)12-17(20)16(10-6-7-11-19)18(21)13-15-8-4-3-5-9-15/h3-5,8-9,14,16-17,19-21H,6-7,10-13H2,1-2H3. The van der Waals surface area contributed by atoms with Gasteiger partial charge in [-0.05, 0) is 37.2 Å². The Morgan fingerprint density at radius 3 is 2.33 bits per heavy atom. The third kappa shape index (κ3) is 7.05. The first-order valence-electron chi connectivity index (χ1n) is 7.83. The first kappa shape index (κ1) is 18.1. The lowest BCUT2D eigenvalue weighted by Gasteiger charge is -2.31. The highest BCUT2D eigenvalue weighted by Crippen LogP contribution is 2.19. The second-order valence-corrected chi connectivity index (χ2v) is 6.07. The first-order valence-corrected chi connectivity index (χ1v) is 7.83. The van der Waals surface area contributed by atoms with E-state index in [-0.39, 0.29) is 12.6 Å². The molecule has 120 valence electrons. The van der Waals surface area contributed by atoms with Gasteiger partial charge in [0, 0.05) is 13.2 Å². The van der Waals surface area contributed by atoms with E-state index in [1.54, 1.807) is 0 Å². The number of nitrogens with zero attached hydrogens (tertiary/aromatic N) is 1. The molecule has 0 amide bonds. The minimum Gasteiger partial charge on any atom is -0.396 e. The molecule has 1 aromatic rings. The van der Waals surface area contributed by atoms with Crippen LogP contribution in [0.1, 0.15) is 45.1 Å². The molecule has 0 spiro atoms. The van der Waals surface area contributed by atoms with E-state index in [4.69, 9.17) is 5.11 Å². The van der Waals surface area contributed by atoms with E-state index >= 15 is 0 Å². The summed E-state index contributed by atoms with van der Waals surface area (Å²) in [7, 11) is 0. The number of hydrogen-bond donors (Lipinski definition) is 3. The van der Waals surface area contributed by atoms with Crippen molar-refractivity contribution < 1.29 is 15.4 Å². The Morgan fingerprint density at radius 2 is 1.76 bits per heavy atom. The van der Waals surface area contributed by atoms with Gasteiger partial charge in [-0.1, -0.05) is 44.2 Å². The smallest absolute Gasteiger partial charge is 0.0721 e. The van der Waals surface area contributed by atoms with E-state index in [2.05, 4.69) is 13.8 Å². The highest BCUT2D eigenvalue weighted by molar-refractivity contribution is 5.14. The lowest BCUT2D eigenvalue weighted by atomic mass is 9.95.